The van der Waals surface area contributed by atoms with E-state index in [9.17, 15) is 22.8 Å². The fourth-order valence-electron chi connectivity index (χ4n) is 2.73. The minimum atomic E-state index is -5.08. The number of piperazine rings is 1. The van der Waals surface area contributed by atoms with Gasteiger partial charge in [0.1, 0.15) is 11.2 Å². The summed E-state index contributed by atoms with van der Waals surface area (Å²) in [6.07, 6.45) is -5.60. The molecule has 1 saturated heterocycles. The van der Waals surface area contributed by atoms with Gasteiger partial charge in [0, 0.05) is 43.3 Å². The first-order valence-electron chi connectivity index (χ1n) is 9.06. The van der Waals surface area contributed by atoms with Crippen molar-refractivity contribution >= 4 is 34.8 Å². The van der Waals surface area contributed by atoms with Crippen molar-refractivity contribution in [3.63, 3.8) is 0 Å². The van der Waals surface area contributed by atoms with Crippen LogP contribution in [-0.4, -0.2) is 59.4 Å². The van der Waals surface area contributed by atoms with Crippen LogP contribution in [0.4, 0.5) is 18.0 Å². The summed E-state index contributed by atoms with van der Waals surface area (Å²) in [6, 6.07) is 7.55. The molecule has 32 heavy (non-hydrogen) atoms. The Labute approximate surface area is 182 Å². The van der Waals surface area contributed by atoms with Gasteiger partial charge in [-0.05, 0) is 18.2 Å². The molecule has 0 bridgehead atoms. The Kier molecular flexibility index (Phi) is 6.84. The summed E-state index contributed by atoms with van der Waals surface area (Å²) < 4.78 is 42.9. The smallest absolute Gasteiger partial charge is 0.475 e. The number of carboxylic acids is 1. The molecule has 2 heterocycles. The zero-order chi connectivity index (χ0) is 23.5. The Balaban J connectivity index is 0.000000360. The minimum Gasteiger partial charge on any atom is -0.475 e. The molecule has 9 nitrogen and oxygen atoms in total. The lowest BCUT2D eigenvalue weighted by atomic mass is 10.2. The molecule has 0 spiro atoms. The third-order valence-electron chi connectivity index (χ3n) is 4.20. The van der Waals surface area contributed by atoms with Crippen LogP contribution in [0.2, 0.25) is 5.02 Å². The number of rotatable bonds is 1. The number of ether oxygens (including phenoxy) is 1. The van der Waals surface area contributed by atoms with Crippen LogP contribution in [0.5, 0.6) is 5.75 Å². The molecule has 0 saturated carbocycles. The van der Waals surface area contributed by atoms with Crippen molar-refractivity contribution in [2.45, 2.75) is 6.18 Å². The molecule has 1 aromatic rings. The number of hydrogen-bond donors (Lipinski definition) is 2. The molecule has 13 heteroatoms. The Morgan fingerprint density at radius 1 is 1.19 bits per heavy atom. The summed E-state index contributed by atoms with van der Waals surface area (Å²) in [6.45, 7) is 2.50. The summed E-state index contributed by atoms with van der Waals surface area (Å²) in [4.78, 5) is 39.2. The molecule has 3 aliphatic rings. The number of fused-ring (bicyclic) bond motifs is 2. The first-order chi connectivity index (χ1) is 15.0. The molecule has 4 rings (SSSR count). The first-order valence-corrected chi connectivity index (χ1v) is 9.44. The normalized spacial score (nSPS) is 14.1. The molecule has 1 fully saturated rings. The van der Waals surface area contributed by atoms with E-state index in [-0.39, 0.29) is 16.9 Å². The number of hydrogen-bond acceptors (Lipinski definition) is 7. The predicted molar refractivity (Wildman–Crippen MR) is 106 cm³/mol. The molecule has 2 aliphatic heterocycles. The number of amides is 1. The van der Waals surface area contributed by atoms with Crippen LogP contribution < -0.4 is 15.5 Å². The average molecular weight is 474 g/mol. The second-order valence-corrected chi connectivity index (χ2v) is 6.94. The van der Waals surface area contributed by atoms with Gasteiger partial charge < -0.3 is 24.5 Å². The summed E-state index contributed by atoms with van der Waals surface area (Å²) in [7, 11) is 0. The number of halogens is 4. The number of alkyl halides is 3. The molecular formula is C19H15ClF3N3O6. The minimum absolute atomic E-state index is 0.0802. The van der Waals surface area contributed by atoms with Crippen LogP contribution in [-0.2, 0) is 4.79 Å². The van der Waals surface area contributed by atoms with E-state index in [4.69, 9.17) is 30.7 Å². The number of carbonyl (C=O) groups is 2. The van der Waals surface area contributed by atoms with E-state index in [1.165, 1.54) is 12.1 Å². The monoisotopic (exact) mass is 473 g/mol. The highest BCUT2D eigenvalue weighted by molar-refractivity contribution is 6.31. The molecule has 0 radical (unpaired) electrons. The van der Waals surface area contributed by atoms with E-state index in [1.54, 1.807) is 23.1 Å². The second kappa shape index (κ2) is 9.40. The molecule has 1 amide bonds. The van der Waals surface area contributed by atoms with E-state index in [1.807, 2.05) is 0 Å². The van der Waals surface area contributed by atoms with Gasteiger partial charge in [-0.3, -0.25) is 4.79 Å². The molecule has 0 atom stereocenters. The first kappa shape index (κ1) is 23.3. The molecular weight excluding hydrogens is 459 g/mol. The Hall–Kier alpha value is -3.38. The zero-order valence-corrected chi connectivity index (χ0v) is 16.9. The Morgan fingerprint density at radius 3 is 2.47 bits per heavy atom. The largest absolute Gasteiger partial charge is 0.490 e. The van der Waals surface area contributed by atoms with E-state index in [0.717, 1.165) is 0 Å². The van der Waals surface area contributed by atoms with Gasteiger partial charge in [-0.2, -0.15) is 13.2 Å². The van der Waals surface area contributed by atoms with Gasteiger partial charge >= 0.3 is 18.2 Å². The molecule has 0 unspecified atom stereocenters. The van der Waals surface area contributed by atoms with E-state index >= 15 is 0 Å². The maximum Gasteiger partial charge on any atom is 0.490 e. The number of carbonyl (C=O) groups excluding carboxylic acids is 1. The van der Waals surface area contributed by atoms with Gasteiger partial charge in [0.15, 0.2) is 22.5 Å². The molecule has 1 aromatic carbocycles. The third-order valence-corrected chi connectivity index (χ3v) is 4.44. The van der Waals surface area contributed by atoms with Crippen LogP contribution in [0.3, 0.4) is 0 Å². The lowest BCUT2D eigenvalue weighted by Crippen LogP contribution is -2.47. The highest BCUT2D eigenvalue weighted by atomic mass is 35.5. The van der Waals surface area contributed by atoms with Crippen LogP contribution in [0, 0.1) is 0 Å². The number of benzene rings is 2. The van der Waals surface area contributed by atoms with Crippen molar-refractivity contribution in [3.8, 4) is 17.2 Å². The van der Waals surface area contributed by atoms with Crippen molar-refractivity contribution in [1.29, 1.82) is 0 Å². The molecule has 170 valence electrons. The van der Waals surface area contributed by atoms with Crippen molar-refractivity contribution in [2.24, 2.45) is 0 Å². The van der Waals surface area contributed by atoms with Crippen LogP contribution >= 0.6 is 11.6 Å². The van der Waals surface area contributed by atoms with Gasteiger partial charge in [-0.15, -0.1) is 0 Å². The fraction of sp³-hybridized carbons (Fsp3) is 0.263. The summed E-state index contributed by atoms with van der Waals surface area (Å²) in [5.74, 6) is -2.42. The van der Waals surface area contributed by atoms with Gasteiger partial charge in [0.05, 0.1) is 0 Å². The summed E-state index contributed by atoms with van der Waals surface area (Å²) in [5, 5.41) is 10.8. The zero-order valence-electron chi connectivity index (χ0n) is 16.1. The standard InChI is InChI=1S/C17H14ClN3O4.C2HF3O2/c18-10-1-2-13-12(7-10)20-16-14(24-13)8-11(22)9-15(16)25-17(23)21-5-3-19-4-6-21;3-2(4,5)1(6)7/h1-2,7-9,19H,3-6H2;(H,6,7). The highest BCUT2D eigenvalue weighted by Crippen LogP contribution is 2.32. The SMILES string of the molecule is O=C(O)C(F)(F)F.O=C(Oc1cc(=O)cc2oc3ccc(Cl)cc3nc1-2)N1CCNCC1. The summed E-state index contributed by atoms with van der Waals surface area (Å²) >= 11 is 5.99. The quantitative estimate of drug-likeness (QED) is 0.517. The Bertz CT molecular complexity index is 1180. The van der Waals surface area contributed by atoms with E-state index in [0.29, 0.717) is 48.0 Å². The predicted octanol–water partition coefficient (Wildman–Crippen LogP) is 2.98. The van der Waals surface area contributed by atoms with Crippen molar-refractivity contribution in [1.82, 2.24) is 15.2 Å². The van der Waals surface area contributed by atoms with Gasteiger partial charge in [0.2, 0.25) is 0 Å². The van der Waals surface area contributed by atoms with Gasteiger partial charge in [-0.1, -0.05) is 11.6 Å². The lowest BCUT2D eigenvalue weighted by molar-refractivity contribution is -0.192. The Morgan fingerprint density at radius 2 is 1.84 bits per heavy atom. The van der Waals surface area contributed by atoms with Crippen LogP contribution in [0.25, 0.3) is 22.6 Å². The lowest BCUT2D eigenvalue weighted by Gasteiger charge is -2.26. The van der Waals surface area contributed by atoms with Gasteiger partial charge in [-0.25, -0.2) is 14.6 Å². The van der Waals surface area contributed by atoms with Crippen LogP contribution in [0.1, 0.15) is 0 Å². The van der Waals surface area contributed by atoms with Crippen molar-refractivity contribution in [2.75, 3.05) is 26.2 Å². The third kappa shape index (κ3) is 5.65. The number of nitrogens with zero attached hydrogens (tertiary/aromatic N) is 2. The number of nitrogens with one attached hydrogen (secondary N) is 1. The topological polar surface area (TPSA) is 122 Å². The van der Waals surface area contributed by atoms with Crippen LogP contribution in [0.15, 0.2) is 39.5 Å². The second-order valence-electron chi connectivity index (χ2n) is 6.50. The number of aromatic nitrogens is 1. The summed E-state index contributed by atoms with van der Waals surface area (Å²) in [5.41, 5.74) is 0.979. The van der Waals surface area contributed by atoms with Crippen molar-refractivity contribution in [3.05, 3.63) is 45.6 Å². The molecule has 1 aliphatic carbocycles. The maximum atomic E-state index is 12.3. The van der Waals surface area contributed by atoms with Crippen molar-refractivity contribution < 1.29 is 37.0 Å². The van der Waals surface area contributed by atoms with E-state index < -0.39 is 18.2 Å². The highest BCUT2D eigenvalue weighted by Gasteiger charge is 2.38. The maximum absolute atomic E-state index is 12.3. The molecule has 0 aromatic heterocycles. The van der Waals surface area contributed by atoms with E-state index in [2.05, 4.69) is 10.3 Å². The molecule has 2 N–H and O–H groups in total. The average Bonchev–Trinajstić information content (AvgIpc) is 2.73. The number of carboxylic acid groups (broad SMARTS) is 1. The fourth-order valence-corrected chi connectivity index (χ4v) is 2.90. The number of aliphatic carboxylic acids is 1. The van der Waals surface area contributed by atoms with Gasteiger partial charge in [0.25, 0.3) is 0 Å².